The summed E-state index contributed by atoms with van der Waals surface area (Å²) < 4.78 is 33.5. The number of aromatic nitrogens is 2. The highest BCUT2D eigenvalue weighted by Gasteiger charge is 2.18. The van der Waals surface area contributed by atoms with Gasteiger partial charge >= 0.3 is 0 Å². The van der Waals surface area contributed by atoms with Gasteiger partial charge in [0.05, 0.1) is 4.90 Å². The molecular weight excluding hydrogens is 304 g/mol. The van der Waals surface area contributed by atoms with Crippen LogP contribution in [0.3, 0.4) is 0 Å². The van der Waals surface area contributed by atoms with E-state index in [1.807, 2.05) is 0 Å². The van der Waals surface area contributed by atoms with Gasteiger partial charge < -0.3 is 9.26 Å². The second-order valence-corrected chi connectivity index (χ2v) is 7.58. The Hall–Kier alpha value is -1.73. The fourth-order valence-electron chi connectivity index (χ4n) is 2.50. The Labute approximate surface area is 129 Å². The summed E-state index contributed by atoms with van der Waals surface area (Å²) in [7, 11) is -3.19. The monoisotopic (exact) mass is 322 g/mol. The minimum atomic E-state index is -3.19. The normalized spacial score (nSPS) is 16.8. The van der Waals surface area contributed by atoms with Crippen molar-refractivity contribution in [3.8, 4) is 11.4 Å². The zero-order valence-electron chi connectivity index (χ0n) is 12.4. The molecule has 3 rings (SSSR count). The van der Waals surface area contributed by atoms with Gasteiger partial charge in [0, 0.05) is 31.5 Å². The van der Waals surface area contributed by atoms with Crippen LogP contribution in [0.2, 0.25) is 0 Å². The SMILES string of the molecule is CS(=O)(=O)c1ccc(-c2noc(CC3CCOCC3)n2)cc1. The van der Waals surface area contributed by atoms with Crippen molar-refractivity contribution < 1.29 is 17.7 Å². The maximum atomic E-state index is 11.4. The molecule has 0 N–H and O–H groups in total. The smallest absolute Gasteiger partial charge is 0.227 e. The van der Waals surface area contributed by atoms with Crippen molar-refractivity contribution in [3.63, 3.8) is 0 Å². The van der Waals surface area contributed by atoms with Crippen LogP contribution in [0.1, 0.15) is 18.7 Å². The van der Waals surface area contributed by atoms with E-state index in [9.17, 15) is 8.42 Å². The first-order valence-electron chi connectivity index (χ1n) is 7.23. The number of benzene rings is 1. The predicted octanol–water partition coefficient (Wildman–Crippen LogP) is 2.11. The van der Waals surface area contributed by atoms with Gasteiger partial charge in [0.1, 0.15) is 0 Å². The maximum absolute atomic E-state index is 11.4. The number of ether oxygens (including phenoxy) is 1. The topological polar surface area (TPSA) is 82.3 Å². The van der Waals surface area contributed by atoms with Gasteiger partial charge in [0.25, 0.3) is 0 Å². The highest BCUT2D eigenvalue weighted by molar-refractivity contribution is 7.90. The van der Waals surface area contributed by atoms with Crippen molar-refractivity contribution in [2.45, 2.75) is 24.2 Å². The number of nitrogens with zero attached hydrogens (tertiary/aromatic N) is 2. The fraction of sp³-hybridized carbons (Fsp3) is 0.467. The second-order valence-electron chi connectivity index (χ2n) is 5.57. The maximum Gasteiger partial charge on any atom is 0.227 e. The molecule has 1 aliphatic rings. The Morgan fingerprint density at radius 3 is 2.50 bits per heavy atom. The van der Waals surface area contributed by atoms with E-state index >= 15 is 0 Å². The molecule has 1 aliphatic heterocycles. The van der Waals surface area contributed by atoms with Gasteiger partial charge in [-0.25, -0.2) is 8.42 Å². The third-order valence-electron chi connectivity index (χ3n) is 3.81. The van der Waals surface area contributed by atoms with Crippen molar-refractivity contribution in [1.82, 2.24) is 10.1 Å². The molecule has 1 fully saturated rings. The summed E-state index contributed by atoms with van der Waals surface area (Å²) in [6, 6.07) is 6.50. The minimum Gasteiger partial charge on any atom is -0.381 e. The summed E-state index contributed by atoms with van der Waals surface area (Å²) in [5.41, 5.74) is 0.745. The summed E-state index contributed by atoms with van der Waals surface area (Å²) >= 11 is 0. The van der Waals surface area contributed by atoms with Gasteiger partial charge in [-0.2, -0.15) is 4.98 Å². The number of hydrogen-bond acceptors (Lipinski definition) is 6. The van der Waals surface area contributed by atoms with Crippen LogP contribution in [0.4, 0.5) is 0 Å². The number of sulfone groups is 1. The third-order valence-corrected chi connectivity index (χ3v) is 4.94. The quantitative estimate of drug-likeness (QED) is 0.857. The molecule has 2 heterocycles. The van der Waals surface area contributed by atoms with E-state index in [1.165, 1.54) is 6.26 Å². The van der Waals surface area contributed by atoms with Crippen molar-refractivity contribution in [2.24, 2.45) is 5.92 Å². The van der Waals surface area contributed by atoms with Crippen LogP contribution in [0.5, 0.6) is 0 Å². The molecule has 0 amide bonds. The average molecular weight is 322 g/mol. The Balaban J connectivity index is 1.73. The molecule has 1 saturated heterocycles. The van der Waals surface area contributed by atoms with Crippen molar-refractivity contribution in [3.05, 3.63) is 30.2 Å². The molecule has 0 atom stereocenters. The van der Waals surface area contributed by atoms with Crippen molar-refractivity contribution in [1.29, 1.82) is 0 Å². The van der Waals surface area contributed by atoms with Crippen LogP contribution in [-0.2, 0) is 21.0 Å². The molecule has 1 aromatic carbocycles. The van der Waals surface area contributed by atoms with Gasteiger partial charge in [-0.1, -0.05) is 5.16 Å². The second kappa shape index (κ2) is 6.18. The molecular formula is C15H18N2O4S. The Kier molecular flexibility index (Phi) is 4.26. The molecule has 1 aromatic heterocycles. The summed E-state index contributed by atoms with van der Waals surface area (Å²) in [6.07, 6.45) is 3.97. The largest absolute Gasteiger partial charge is 0.381 e. The van der Waals surface area contributed by atoms with Crippen LogP contribution < -0.4 is 0 Å². The molecule has 118 valence electrons. The molecule has 0 saturated carbocycles. The highest BCUT2D eigenvalue weighted by atomic mass is 32.2. The summed E-state index contributed by atoms with van der Waals surface area (Å²) in [5, 5.41) is 3.98. The summed E-state index contributed by atoms with van der Waals surface area (Å²) in [4.78, 5) is 4.68. The molecule has 22 heavy (non-hydrogen) atoms. The van der Waals surface area contributed by atoms with E-state index in [0.717, 1.165) is 38.0 Å². The Morgan fingerprint density at radius 2 is 1.86 bits per heavy atom. The minimum absolute atomic E-state index is 0.280. The van der Waals surface area contributed by atoms with E-state index in [2.05, 4.69) is 10.1 Å². The van der Waals surface area contributed by atoms with E-state index in [4.69, 9.17) is 9.26 Å². The van der Waals surface area contributed by atoms with E-state index in [-0.39, 0.29) is 4.90 Å². The van der Waals surface area contributed by atoms with E-state index < -0.39 is 9.84 Å². The lowest BCUT2D eigenvalue weighted by molar-refractivity contribution is 0.0642. The third kappa shape index (κ3) is 3.53. The van der Waals surface area contributed by atoms with Gasteiger partial charge in [-0.3, -0.25) is 0 Å². The van der Waals surface area contributed by atoms with Gasteiger partial charge in [-0.15, -0.1) is 0 Å². The molecule has 0 bridgehead atoms. The number of hydrogen-bond donors (Lipinski definition) is 0. The molecule has 7 heteroatoms. The van der Waals surface area contributed by atoms with Crippen molar-refractivity contribution in [2.75, 3.05) is 19.5 Å². The predicted molar refractivity (Wildman–Crippen MR) is 80.1 cm³/mol. The lowest BCUT2D eigenvalue weighted by atomic mass is 9.97. The lowest BCUT2D eigenvalue weighted by Crippen LogP contribution is -2.17. The van der Waals surface area contributed by atoms with E-state index in [1.54, 1.807) is 24.3 Å². The van der Waals surface area contributed by atoms with Crippen LogP contribution in [0.25, 0.3) is 11.4 Å². The molecule has 2 aromatic rings. The molecule has 6 nitrogen and oxygen atoms in total. The van der Waals surface area contributed by atoms with Crippen LogP contribution in [0, 0.1) is 5.92 Å². The fourth-order valence-corrected chi connectivity index (χ4v) is 3.13. The average Bonchev–Trinajstić information content (AvgIpc) is 2.96. The van der Waals surface area contributed by atoms with Gasteiger partial charge in [-0.05, 0) is 43.0 Å². The first-order valence-corrected chi connectivity index (χ1v) is 9.12. The first-order chi connectivity index (χ1) is 10.5. The van der Waals surface area contributed by atoms with Crippen LogP contribution in [0.15, 0.2) is 33.7 Å². The first kappa shape index (κ1) is 15.2. The zero-order chi connectivity index (χ0) is 15.6. The highest BCUT2D eigenvalue weighted by Crippen LogP contribution is 2.22. The number of rotatable bonds is 4. The van der Waals surface area contributed by atoms with Gasteiger partial charge in [0.2, 0.25) is 11.7 Å². The molecule has 0 unspecified atom stereocenters. The molecule has 0 spiro atoms. The Bertz CT molecular complexity index is 731. The molecule has 0 radical (unpaired) electrons. The summed E-state index contributed by atoms with van der Waals surface area (Å²) in [6.45, 7) is 1.58. The van der Waals surface area contributed by atoms with Crippen LogP contribution in [-0.4, -0.2) is 38.0 Å². The summed E-state index contributed by atoms with van der Waals surface area (Å²) in [5.74, 6) is 1.63. The standard InChI is InChI=1S/C15H18N2O4S/c1-22(18,19)13-4-2-12(3-5-13)15-16-14(21-17-15)10-11-6-8-20-9-7-11/h2-5,11H,6-10H2,1H3. The molecule has 0 aliphatic carbocycles. The Morgan fingerprint density at radius 1 is 1.18 bits per heavy atom. The van der Waals surface area contributed by atoms with Crippen molar-refractivity contribution >= 4 is 9.84 Å². The van der Waals surface area contributed by atoms with Gasteiger partial charge in [0.15, 0.2) is 9.84 Å². The zero-order valence-corrected chi connectivity index (χ0v) is 13.2. The van der Waals surface area contributed by atoms with E-state index in [0.29, 0.717) is 17.6 Å². The van der Waals surface area contributed by atoms with Crippen LogP contribution >= 0.6 is 0 Å². The lowest BCUT2D eigenvalue weighted by Gasteiger charge is -2.19.